The third-order valence-electron chi connectivity index (χ3n) is 5.75. The number of rotatable bonds is 4. The number of thioether (sulfide) groups is 1. The summed E-state index contributed by atoms with van der Waals surface area (Å²) in [4.78, 5) is 19.6. The number of aliphatic imine (C=N–C) groups is 1. The van der Waals surface area contributed by atoms with Crippen molar-refractivity contribution in [1.82, 2.24) is 0 Å². The van der Waals surface area contributed by atoms with Crippen LogP contribution >= 0.6 is 23.4 Å². The van der Waals surface area contributed by atoms with Crippen LogP contribution in [-0.2, 0) is 14.6 Å². The van der Waals surface area contributed by atoms with Gasteiger partial charge in [-0.25, -0.2) is 8.42 Å². The number of hydrogen-bond acceptors (Lipinski definition) is 6. The molecular formula is C23H26ClN3O3S2. The first-order chi connectivity index (χ1) is 15.0. The Kier molecular flexibility index (Phi) is 6.31. The minimum atomic E-state index is -3.06. The molecule has 0 spiro atoms. The summed E-state index contributed by atoms with van der Waals surface area (Å²) in [5, 5.41) is 4.19. The molecule has 170 valence electrons. The lowest BCUT2D eigenvalue weighted by atomic mass is 10.1. The fraction of sp³-hybridized carbons (Fsp3) is 0.391. The molecule has 1 N–H and O–H groups in total. The van der Waals surface area contributed by atoms with Gasteiger partial charge >= 0.3 is 0 Å². The Bertz CT molecular complexity index is 1200. The highest BCUT2D eigenvalue weighted by Gasteiger charge is 2.44. The highest BCUT2D eigenvalue weighted by molar-refractivity contribution is 8.15. The Labute approximate surface area is 198 Å². The molecule has 0 aliphatic carbocycles. The number of nitrogens with one attached hydrogen (secondary N) is 1. The summed E-state index contributed by atoms with van der Waals surface area (Å²) in [7, 11) is -3.06. The zero-order valence-electron chi connectivity index (χ0n) is 18.5. The predicted molar refractivity (Wildman–Crippen MR) is 134 cm³/mol. The number of nitrogens with zero attached hydrogens (tertiary/aromatic N) is 2. The molecule has 2 aliphatic heterocycles. The second-order valence-corrected chi connectivity index (χ2v) is 12.3. The molecule has 0 aromatic heterocycles. The van der Waals surface area contributed by atoms with Gasteiger partial charge in [0, 0.05) is 21.6 Å². The largest absolute Gasteiger partial charge is 0.324 e. The van der Waals surface area contributed by atoms with Gasteiger partial charge in [0.05, 0.1) is 17.5 Å². The Balaban J connectivity index is 1.62. The fourth-order valence-corrected chi connectivity index (χ4v) is 8.14. The number of aryl methyl sites for hydroxylation is 4. The second kappa shape index (κ2) is 8.72. The molecule has 2 heterocycles. The molecule has 9 heteroatoms. The van der Waals surface area contributed by atoms with E-state index in [2.05, 4.69) is 10.3 Å². The highest BCUT2D eigenvalue weighted by atomic mass is 35.5. The molecule has 2 aromatic rings. The highest BCUT2D eigenvalue weighted by Crippen LogP contribution is 2.37. The van der Waals surface area contributed by atoms with Crippen LogP contribution in [-0.4, -0.2) is 48.8 Å². The van der Waals surface area contributed by atoms with Gasteiger partial charge in [-0.3, -0.25) is 9.79 Å². The third-order valence-corrected chi connectivity index (χ3v) is 9.40. The molecule has 0 radical (unpaired) electrons. The maximum Gasteiger partial charge on any atom is 0.244 e. The maximum absolute atomic E-state index is 13.1. The number of hydrogen-bond donors (Lipinski definition) is 1. The molecule has 2 aromatic carbocycles. The van der Waals surface area contributed by atoms with Crippen molar-refractivity contribution < 1.29 is 13.2 Å². The molecule has 4 rings (SSSR count). The van der Waals surface area contributed by atoms with Gasteiger partial charge in [-0.2, -0.15) is 0 Å². The van der Waals surface area contributed by atoms with Gasteiger partial charge < -0.3 is 10.2 Å². The number of amides is 1. The van der Waals surface area contributed by atoms with E-state index < -0.39 is 9.84 Å². The van der Waals surface area contributed by atoms with Crippen molar-refractivity contribution in [2.75, 3.05) is 28.3 Å². The Morgan fingerprint density at radius 1 is 1.12 bits per heavy atom. The first-order valence-corrected chi connectivity index (χ1v) is 13.5. The second-order valence-electron chi connectivity index (χ2n) is 8.55. The average Bonchev–Trinajstić information content (AvgIpc) is 3.18. The average molecular weight is 492 g/mol. The van der Waals surface area contributed by atoms with Crippen LogP contribution < -0.4 is 10.2 Å². The first-order valence-electron chi connectivity index (χ1n) is 10.4. The number of sulfone groups is 1. The van der Waals surface area contributed by atoms with Crippen LogP contribution in [0.5, 0.6) is 0 Å². The van der Waals surface area contributed by atoms with Gasteiger partial charge in [-0.05, 0) is 56.5 Å². The van der Waals surface area contributed by atoms with Crippen molar-refractivity contribution in [1.29, 1.82) is 0 Å². The van der Waals surface area contributed by atoms with Crippen molar-refractivity contribution in [3.05, 3.63) is 57.6 Å². The topological polar surface area (TPSA) is 78.8 Å². The van der Waals surface area contributed by atoms with Crippen LogP contribution in [0.25, 0.3) is 0 Å². The summed E-state index contributed by atoms with van der Waals surface area (Å²) >= 11 is 7.79. The molecule has 1 amide bonds. The van der Waals surface area contributed by atoms with Crippen LogP contribution in [0.3, 0.4) is 0 Å². The minimum absolute atomic E-state index is 0.0458. The standard InChI is InChI=1S/C23H26ClN3O3S2/c1-13-7-15(3)22(16(4)8-13)26-21(28)10-27(17-6-5-14(2)18(24)9-17)23-25-19-11-32(29,30)12-20(19)31-23/h5-9,19-20H,10-12H2,1-4H3,(H,26,28)/t19-,20+/m1/s1. The number of carbonyl (C=O) groups is 1. The SMILES string of the molecule is Cc1cc(C)c(NC(=O)CN(C2=N[C@@H]3CS(=O)(=O)C[C@@H]3S2)c2ccc(C)c(Cl)c2)c(C)c1. The van der Waals surface area contributed by atoms with E-state index in [-0.39, 0.29) is 35.2 Å². The third kappa shape index (κ3) is 4.82. The van der Waals surface area contributed by atoms with E-state index in [1.807, 2.05) is 62.9 Å². The molecule has 6 nitrogen and oxygen atoms in total. The number of benzene rings is 2. The van der Waals surface area contributed by atoms with Gasteiger partial charge in [0.15, 0.2) is 15.0 Å². The Morgan fingerprint density at radius 3 is 2.44 bits per heavy atom. The van der Waals surface area contributed by atoms with Gasteiger partial charge in [0.25, 0.3) is 0 Å². The van der Waals surface area contributed by atoms with E-state index in [1.54, 1.807) is 0 Å². The number of amidine groups is 1. The monoisotopic (exact) mass is 491 g/mol. The van der Waals surface area contributed by atoms with E-state index in [0.717, 1.165) is 33.6 Å². The summed E-state index contributed by atoms with van der Waals surface area (Å²) in [6, 6.07) is 9.44. The molecule has 1 saturated heterocycles. The maximum atomic E-state index is 13.1. The van der Waals surface area contributed by atoms with E-state index in [9.17, 15) is 13.2 Å². The number of carbonyl (C=O) groups excluding carboxylic acids is 1. The van der Waals surface area contributed by atoms with Gasteiger partial charge in [0.2, 0.25) is 5.91 Å². The zero-order chi connectivity index (χ0) is 23.2. The van der Waals surface area contributed by atoms with E-state index in [1.165, 1.54) is 11.8 Å². The smallest absolute Gasteiger partial charge is 0.244 e. The molecule has 32 heavy (non-hydrogen) atoms. The lowest BCUT2D eigenvalue weighted by Crippen LogP contribution is -2.37. The van der Waals surface area contributed by atoms with E-state index >= 15 is 0 Å². The first kappa shape index (κ1) is 23.1. The van der Waals surface area contributed by atoms with Crippen molar-refractivity contribution >= 4 is 55.6 Å². The molecule has 1 fully saturated rings. The molecular weight excluding hydrogens is 466 g/mol. The van der Waals surface area contributed by atoms with Crippen LogP contribution in [0.4, 0.5) is 11.4 Å². The molecule has 0 bridgehead atoms. The van der Waals surface area contributed by atoms with Crippen LogP contribution in [0.2, 0.25) is 5.02 Å². The van der Waals surface area contributed by atoms with Gasteiger partial charge in [-0.15, -0.1) is 0 Å². The lowest BCUT2D eigenvalue weighted by Gasteiger charge is -2.25. The predicted octanol–water partition coefficient (Wildman–Crippen LogP) is 4.29. The molecule has 2 aliphatic rings. The van der Waals surface area contributed by atoms with Crippen LogP contribution in [0, 0.1) is 27.7 Å². The van der Waals surface area contributed by atoms with Crippen molar-refractivity contribution in [3.63, 3.8) is 0 Å². The normalized spacial score (nSPS) is 21.2. The Hall–Kier alpha value is -2.03. The fourth-order valence-electron chi connectivity index (χ4n) is 4.19. The number of fused-ring (bicyclic) bond motifs is 1. The van der Waals surface area contributed by atoms with Crippen LogP contribution in [0.15, 0.2) is 35.3 Å². The quantitative estimate of drug-likeness (QED) is 0.690. The zero-order valence-corrected chi connectivity index (χ0v) is 20.9. The molecule has 0 unspecified atom stereocenters. The summed E-state index contributed by atoms with van der Waals surface area (Å²) in [5.74, 6) is 0.000802. The van der Waals surface area contributed by atoms with Crippen LogP contribution in [0.1, 0.15) is 22.3 Å². The van der Waals surface area contributed by atoms with E-state index in [0.29, 0.717) is 10.2 Å². The summed E-state index contributed by atoms with van der Waals surface area (Å²) in [6.45, 7) is 7.95. The summed E-state index contributed by atoms with van der Waals surface area (Å²) < 4.78 is 23.9. The van der Waals surface area contributed by atoms with E-state index in [4.69, 9.17) is 11.6 Å². The number of anilines is 2. The summed E-state index contributed by atoms with van der Waals surface area (Å²) in [6.07, 6.45) is 0. The minimum Gasteiger partial charge on any atom is -0.324 e. The molecule has 0 saturated carbocycles. The van der Waals surface area contributed by atoms with Crippen molar-refractivity contribution in [2.24, 2.45) is 4.99 Å². The molecule has 2 atom stereocenters. The van der Waals surface area contributed by atoms with Gasteiger partial charge in [-0.1, -0.05) is 47.1 Å². The van der Waals surface area contributed by atoms with Crippen molar-refractivity contribution in [2.45, 2.75) is 39.0 Å². The Morgan fingerprint density at radius 2 is 1.81 bits per heavy atom. The lowest BCUT2D eigenvalue weighted by molar-refractivity contribution is -0.114. The number of halogens is 1. The van der Waals surface area contributed by atoms with Crippen molar-refractivity contribution in [3.8, 4) is 0 Å². The summed E-state index contributed by atoms with van der Waals surface area (Å²) in [5.41, 5.74) is 5.66. The van der Waals surface area contributed by atoms with Gasteiger partial charge in [0.1, 0.15) is 6.54 Å².